The van der Waals surface area contributed by atoms with Crippen molar-refractivity contribution in [2.75, 3.05) is 5.32 Å². The predicted molar refractivity (Wildman–Crippen MR) is 130 cm³/mol. The molecule has 4 rings (SSSR count). The van der Waals surface area contributed by atoms with Crippen molar-refractivity contribution < 1.29 is 4.79 Å². The van der Waals surface area contributed by atoms with Crippen LogP contribution in [0.4, 0.5) is 11.4 Å². The number of aryl methyl sites for hydroxylation is 1. The Labute approximate surface area is 188 Å². The number of amides is 1. The summed E-state index contributed by atoms with van der Waals surface area (Å²) in [5.74, 6) is -0.161. The van der Waals surface area contributed by atoms with Crippen LogP contribution in [0.2, 0.25) is 0 Å². The summed E-state index contributed by atoms with van der Waals surface area (Å²) in [7, 11) is 0. The van der Waals surface area contributed by atoms with Crippen molar-refractivity contribution in [1.29, 1.82) is 0 Å². The number of hydrogen-bond donors (Lipinski definition) is 2. The van der Waals surface area contributed by atoms with E-state index < -0.39 is 0 Å². The van der Waals surface area contributed by atoms with Gasteiger partial charge in [0.05, 0.1) is 23.0 Å². The molecule has 0 atom stereocenters. The molecule has 0 saturated carbocycles. The maximum Gasteiger partial charge on any atom is 0.255 e. The number of benzene rings is 2. The fraction of sp³-hybridized carbons (Fsp3) is 0.269. The van der Waals surface area contributed by atoms with E-state index in [4.69, 9.17) is 0 Å². The van der Waals surface area contributed by atoms with Gasteiger partial charge in [0.15, 0.2) is 0 Å². The first-order valence-corrected chi connectivity index (χ1v) is 10.9. The van der Waals surface area contributed by atoms with Crippen molar-refractivity contribution in [1.82, 2.24) is 20.1 Å². The molecule has 0 radical (unpaired) electrons. The molecule has 2 N–H and O–H groups in total. The first-order chi connectivity index (χ1) is 15.3. The number of pyridine rings is 1. The molecule has 1 amide bonds. The molecule has 164 valence electrons. The molecule has 32 heavy (non-hydrogen) atoms. The Morgan fingerprint density at radius 1 is 1.03 bits per heavy atom. The number of carbonyl (C=O) groups is 1. The zero-order chi connectivity index (χ0) is 22.7. The number of nitrogens with zero attached hydrogens (tertiary/aromatic N) is 3. The highest BCUT2D eigenvalue weighted by atomic mass is 16.1. The van der Waals surface area contributed by atoms with Gasteiger partial charge in [0, 0.05) is 41.1 Å². The van der Waals surface area contributed by atoms with Gasteiger partial charge in [-0.25, -0.2) is 0 Å². The van der Waals surface area contributed by atoms with Crippen LogP contribution in [0.3, 0.4) is 0 Å². The second-order valence-electron chi connectivity index (χ2n) is 8.97. The van der Waals surface area contributed by atoms with Gasteiger partial charge < -0.3 is 10.6 Å². The number of nitrogens with one attached hydrogen (secondary N) is 2. The summed E-state index contributed by atoms with van der Waals surface area (Å²) in [6, 6.07) is 16.0. The lowest BCUT2D eigenvalue weighted by molar-refractivity contribution is 0.0920. The number of fused-ring (bicyclic) bond motifs is 1. The first kappa shape index (κ1) is 21.6. The van der Waals surface area contributed by atoms with E-state index in [0.717, 1.165) is 46.4 Å². The Bertz CT molecular complexity index is 1240. The molecule has 2 aromatic heterocycles. The molecule has 4 aromatic rings. The molecule has 2 aromatic carbocycles. The predicted octanol–water partition coefficient (Wildman–Crippen LogP) is 5.78. The van der Waals surface area contributed by atoms with Crippen LogP contribution in [0, 0.1) is 0 Å². The number of hydrogen-bond acceptors (Lipinski definition) is 4. The van der Waals surface area contributed by atoms with E-state index >= 15 is 0 Å². The summed E-state index contributed by atoms with van der Waals surface area (Å²) in [4.78, 5) is 17.7. The van der Waals surface area contributed by atoms with Gasteiger partial charge in [0.1, 0.15) is 0 Å². The van der Waals surface area contributed by atoms with Crippen LogP contribution in [-0.4, -0.2) is 26.2 Å². The third kappa shape index (κ3) is 4.80. The third-order valence-electron chi connectivity index (χ3n) is 5.06. The molecular weight excluding hydrogens is 398 g/mol. The van der Waals surface area contributed by atoms with Crippen LogP contribution in [-0.2, 0) is 6.54 Å². The molecule has 2 heterocycles. The summed E-state index contributed by atoms with van der Waals surface area (Å²) in [5.41, 5.74) is 4.69. The van der Waals surface area contributed by atoms with Crippen LogP contribution in [0.1, 0.15) is 44.5 Å². The molecule has 6 nitrogen and oxygen atoms in total. The van der Waals surface area contributed by atoms with Gasteiger partial charge in [-0.3, -0.25) is 14.5 Å². The molecular formula is C26H29N5O. The van der Waals surface area contributed by atoms with Gasteiger partial charge in [0.25, 0.3) is 5.91 Å². The smallest absolute Gasteiger partial charge is 0.255 e. The van der Waals surface area contributed by atoms with Gasteiger partial charge in [-0.05, 0) is 57.0 Å². The Hall–Kier alpha value is -3.67. The topological polar surface area (TPSA) is 71.8 Å². The van der Waals surface area contributed by atoms with E-state index in [0.29, 0.717) is 5.56 Å². The van der Waals surface area contributed by atoms with Crippen LogP contribution in [0.5, 0.6) is 0 Å². The van der Waals surface area contributed by atoms with Crippen molar-refractivity contribution in [2.24, 2.45) is 0 Å². The second-order valence-corrected chi connectivity index (χ2v) is 8.97. The van der Waals surface area contributed by atoms with Gasteiger partial charge in [-0.15, -0.1) is 0 Å². The fourth-order valence-electron chi connectivity index (χ4n) is 3.62. The summed E-state index contributed by atoms with van der Waals surface area (Å²) < 4.78 is 1.95. The lowest BCUT2D eigenvalue weighted by Gasteiger charge is -2.22. The quantitative estimate of drug-likeness (QED) is 0.409. The van der Waals surface area contributed by atoms with Crippen molar-refractivity contribution in [2.45, 2.75) is 46.2 Å². The molecule has 6 heteroatoms. The summed E-state index contributed by atoms with van der Waals surface area (Å²) >= 11 is 0. The highest BCUT2D eigenvalue weighted by Gasteiger charge is 2.21. The van der Waals surface area contributed by atoms with Crippen LogP contribution < -0.4 is 10.6 Å². The lowest BCUT2D eigenvalue weighted by atomic mass is 10.0. The average Bonchev–Trinajstić information content (AvgIpc) is 3.22. The fourth-order valence-corrected chi connectivity index (χ4v) is 3.62. The van der Waals surface area contributed by atoms with E-state index in [2.05, 4.69) is 39.9 Å². The number of carbonyl (C=O) groups excluding carboxylic acids is 1. The Balaban J connectivity index is 1.85. The molecule has 0 unspecified atom stereocenters. The second kappa shape index (κ2) is 8.83. The van der Waals surface area contributed by atoms with Crippen molar-refractivity contribution in [3.05, 3.63) is 72.7 Å². The monoisotopic (exact) mass is 427 g/mol. The highest BCUT2D eigenvalue weighted by Crippen LogP contribution is 2.33. The highest BCUT2D eigenvalue weighted by molar-refractivity contribution is 6.09. The molecule has 0 spiro atoms. The molecule has 0 aliphatic carbocycles. The lowest BCUT2D eigenvalue weighted by Crippen LogP contribution is -2.40. The van der Waals surface area contributed by atoms with E-state index in [1.807, 2.05) is 74.1 Å². The Morgan fingerprint density at radius 2 is 1.81 bits per heavy atom. The van der Waals surface area contributed by atoms with Crippen LogP contribution in [0.25, 0.3) is 22.0 Å². The maximum absolute atomic E-state index is 13.1. The molecule has 0 aliphatic rings. The molecule has 0 aliphatic heterocycles. The zero-order valence-electron chi connectivity index (χ0n) is 19.0. The number of aromatic nitrogens is 3. The van der Waals surface area contributed by atoms with Crippen LogP contribution in [0.15, 0.2) is 67.1 Å². The van der Waals surface area contributed by atoms with Gasteiger partial charge >= 0.3 is 0 Å². The van der Waals surface area contributed by atoms with Crippen molar-refractivity contribution in [3.8, 4) is 11.1 Å². The Morgan fingerprint density at radius 3 is 2.53 bits per heavy atom. The number of rotatable bonds is 6. The number of anilines is 2. The zero-order valence-corrected chi connectivity index (χ0v) is 19.0. The largest absolute Gasteiger partial charge is 0.354 e. The normalized spacial score (nSPS) is 11.5. The minimum atomic E-state index is -0.355. The van der Waals surface area contributed by atoms with E-state index in [1.54, 1.807) is 6.20 Å². The average molecular weight is 428 g/mol. The summed E-state index contributed by atoms with van der Waals surface area (Å²) in [6.07, 6.45) is 6.61. The standard InChI is InChI=1S/C26H29N5O/c1-5-13-31-17-19(15-28-31)18-11-12-23-21(14-18)24(29-20-9-7-6-8-10-20)22(16-27-23)25(32)30-26(2,3)4/h6-12,14-17H,5,13H2,1-4H3,(H,27,29)(H,30,32). The van der Waals surface area contributed by atoms with Gasteiger partial charge in [0.2, 0.25) is 0 Å². The molecule has 0 fully saturated rings. The summed E-state index contributed by atoms with van der Waals surface area (Å²) in [5, 5.41) is 11.9. The molecule has 0 saturated heterocycles. The first-order valence-electron chi connectivity index (χ1n) is 10.9. The van der Waals surface area contributed by atoms with Crippen molar-refractivity contribution in [3.63, 3.8) is 0 Å². The minimum absolute atomic E-state index is 0.161. The SMILES string of the molecule is CCCn1cc(-c2ccc3ncc(C(=O)NC(C)(C)C)c(Nc4ccccc4)c3c2)cn1. The van der Waals surface area contributed by atoms with Gasteiger partial charge in [-0.2, -0.15) is 5.10 Å². The third-order valence-corrected chi connectivity index (χ3v) is 5.06. The molecule has 0 bridgehead atoms. The maximum atomic E-state index is 13.1. The van der Waals surface area contributed by atoms with Crippen molar-refractivity contribution >= 4 is 28.2 Å². The van der Waals surface area contributed by atoms with Crippen LogP contribution >= 0.6 is 0 Å². The minimum Gasteiger partial charge on any atom is -0.354 e. The van der Waals surface area contributed by atoms with E-state index in [9.17, 15) is 4.79 Å². The van der Waals surface area contributed by atoms with E-state index in [1.165, 1.54) is 0 Å². The number of para-hydroxylation sites is 1. The Kier molecular flexibility index (Phi) is 5.95. The summed E-state index contributed by atoms with van der Waals surface area (Å²) in [6.45, 7) is 8.92. The van der Waals surface area contributed by atoms with E-state index in [-0.39, 0.29) is 11.4 Å². The van der Waals surface area contributed by atoms with Gasteiger partial charge in [-0.1, -0.05) is 31.2 Å².